The Labute approximate surface area is 104 Å². The first-order valence-electron chi connectivity index (χ1n) is 4.91. The summed E-state index contributed by atoms with van der Waals surface area (Å²) in [5.41, 5.74) is 6.06. The number of rotatable bonds is 3. The second-order valence-corrected chi connectivity index (χ2v) is 8.02. The van der Waals surface area contributed by atoms with Crippen LogP contribution in [-0.4, -0.2) is 37.3 Å². The quantitative estimate of drug-likeness (QED) is 0.909. The number of thiophene rings is 1. The van der Waals surface area contributed by atoms with Crippen LogP contribution in [0.4, 0.5) is 5.69 Å². The van der Waals surface area contributed by atoms with Crippen LogP contribution in [0, 0.1) is 0 Å². The van der Waals surface area contributed by atoms with Crippen molar-refractivity contribution in [3.05, 3.63) is 11.4 Å². The van der Waals surface area contributed by atoms with Crippen LogP contribution in [0.2, 0.25) is 0 Å². The third kappa shape index (κ3) is 2.22. The van der Waals surface area contributed by atoms with Crippen LogP contribution in [0.25, 0.3) is 0 Å². The average molecular weight is 278 g/mol. The molecule has 7 heteroatoms. The van der Waals surface area contributed by atoms with Gasteiger partial charge in [0.1, 0.15) is 4.21 Å². The van der Waals surface area contributed by atoms with Crippen LogP contribution in [0.1, 0.15) is 6.42 Å². The molecule has 4 nitrogen and oxygen atoms in total. The van der Waals surface area contributed by atoms with E-state index in [-0.39, 0.29) is 6.04 Å². The summed E-state index contributed by atoms with van der Waals surface area (Å²) < 4.78 is 26.2. The molecular formula is C9H14N2O2S3. The lowest BCUT2D eigenvalue weighted by Crippen LogP contribution is -2.36. The molecule has 0 aliphatic carbocycles. The minimum absolute atomic E-state index is 0.123. The van der Waals surface area contributed by atoms with Gasteiger partial charge in [-0.05, 0) is 18.2 Å². The lowest BCUT2D eigenvalue weighted by Gasteiger charge is -2.22. The van der Waals surface area contributed by atoms with E-state index in [1.54, 1.807) is 24.2 Å². The zero-order chi connectivity index (χ0) is 11.8. The Hall–Kier alpha value is -0.240. The Morgan fingerprint density at radius 1 is 1.56 bits per heavy atom. The highest BCUT2D eigenvalue weighted by Gasteiger charge is 2.31. The van der Waals surface area contributed by atoms with Gasteiger partial charge in [0.2, 0.25) is 0 Å². The predicted molar refractivity (Wildman–Crippen MR) is 69.4 cm³/mol. The van der Waals surface area contributed by atoms with Crippen molar-refractivity contribution in [1.82, 2.24) is 4.31 Å². The van der Waals surface area contributed by atoms with Crippen LogP contribution in [-0.2, 0) is 10.0 Å². The number of nitrogen functional groups attached to an aromatic ring is 1. The standard InChI is InChI=1S/C9H14N2O2S3/c1-11(8-2-3-14-6-8)16(12,13)9-4-7(10)5-15-9/h4-5,8H,2-3,6,10H2,1H3. The van der Waals surface area contributed by atoms with Gasteiger partial charge in [-0.1, -0.05) is 0 Å². The van der Waals surface area contributed by atoms with Crippen molar-refractivity contribution in [2.45, 2.75) is 16.7 Å². The van der Waals surface area contributed by atoms with Crippen LogP contribution in [0.3, 0.4) is 0 Å². The van der Waals surface area contributed by atoms with E-state index < -0.39 is 10.0 Å². The first-order chi connectivity index (χ1) is 7.51. The number of hydrogen-bond donors (Lipinski definition) is 1. The van der Waals surface area contributed by atoms with Gasteiger partial charge in [-0.3, -0.25) is 0 Å². The molecule has 2 heterocycles. The second-order valence-electron chi connectivity index (χ2n) is 3.74. The summed E-state index contributed by atoms with van der Waals surface area (Å²) >= 11 is 2.98. The van der Waals surface area contributed by atoms with E-state index in [1.165, 1.54) is 21.7 Å². The highest BCUT2D eigenvalue weighted by molar-refractivity contribution is 7.99. The minimum Gasteiger partial charge on any atom is -0.398 e. The Bertz CT molecular complexity index is 463. The number of nitrogens with two attached hydrogens (primary N) is 1. The van der Waals surface area contributed by atoms with Crippen LogP contribution in [0.15, 0.2) is 15.7 Å². The zero-order valence-corrected chi connectivity index (χ0v) is 11.4. The van der Waals surface area contributed by atoms with Crippen molar-refractivity contribution in [2.24, 2.45) is 0 Å². The van der Waals surface area contributed by atoms with Crippen molar-refractivity contribution in [2.75, 3.05) is 24.3 Å². The van der Waals surface area contributed by atoms with E-state index in [2.05, 4.69) is 0 Å². The molecule has 2 N–H and O–H groups in total. The summed E-state index contributed by atoms with van der Waals surface area (Å²) in [7, 11) is -1.69. The topological polar surface area (TPSA) is 63.4 Å². The molecule has 0 amide bonds. The Balaban J connectivity index is 2.24. The van der Waals surface area contributed by atoms with E-state index in [1.807, 2.05) is 0 Å². The number of thioether (sulfide) groups is 1. The third-order valence-electron chi connectivity index (χ3n) is 2.65. The van der Waals surface area contributed by atoms with E-state index in [4.69, 9.17) is 5.73 Å². The highest BCUT2D eigenvalue weighted by Crippen LogP contribution is 2.29. The van der Waals surface area contributed by atoms with Gasteiger partial charge in [0.15, 0.2) is 0 Å². The molecule has 1 fully saturated rings. The van der Waals surface area contributed by atoms with Crippen LogP contribution >= 0.6 is 23.1 Å². The molecule has 0 radical (unpaired) electrons. The Kier molecular flexibility index (Phi) is 3.48. The average Bonchev–Trinajstić information content (AvgIpc) is 2.86. The minimum atomic E-state index is -3.34. The predicted octanol–water partition coefficient (Wildman–Crippen LogP) is 1.46. The largest absolute Gasteiger partial charge is 0.398 e. The van der Waals surface area contributed by atoms with Gasteiger partial charge in [0.25, 0.3) is 10.0 Å². The number of anilines is 1. The van der Waals surface area contributed by atoms with Gasteiger partial charge < -0.3 is 5.73 Å². The van der Waals surface area contributed by atoms with Crippen molar-refractivity contribution in [3.63, 3.8) is 0 Å². The van der Waals surface area contributed by atoms with E-state index in [0.29, 0.717) is 9.90 Å². The normalized spacial score (nSPS) is 21.8. The molecule has 1 aliphatic rings. The zero-order valence-electron chi connectivity index (χ0n) is 8.92. The fourth-order valence-corrected chi connectivity index (χ4v) is 5.62. The maximum absolute atomic E-state index is 12.2. The Morgan fingerprint density at radius 2 is 2.31 bits per heavy atom. The van der Waals surface area contributed by atoms with Crippen molar-refractivity contribution in [1.29, 1.82) is 0 Å². The number of nitrogens with zero attached hydrogens (tertiary/aromatic N) is 1. The van der Waals surface area contributed by atoms with Crippen molar-refractivity contribution < 1.29 is 8.42 Å². The SMILES string of the molecule is CN(C1CCSC1)S(=O)(=O)c1cc(N)cs1. The molecule has 1 atom stereocenters. The Morgan fingerprint density at radius 3 is 2.81 bits per heavy atom. The van der Waals surface area contributed by atoms with Gasteiger partial charge >= 0.3 is 0 Å². The summed E-state index contributed by atoms with van der Waals surface area (Å²) in [4.78, 5) is 0. The van der Waals surface area contributed by atoms with Crippen molar-refractivity contribution in [3.8, 4) is 0 Å². The van der Waals surface area contributed by atoms with Gasteiger partial charge in [0, 0.05) is 29.9 Å². The lowest BCUT2D eigenvalue weighted by molar-refractivity contribution is 0.396. The van der Waals surface area contributed by atoms with Crippen LogP contribution < -0.4 is 5.73 Å². The number of hydrogen-bond acceptors (Lipinski definition) is 5. The van der Waals surface area contributed by atoms with E-state index >= 15 is 0 Å². The van der Waals surface area contributed by atoms with Gasteiger partial charge in [0.05, 0.1) is 0 Å². The van der Waals surface area contributed by atoms with E-state index in [9.17, 15) is 8.42 Å². The first kappa shape index (κ1) is 12.2. The molecule has 0 saturated carbocycles. The molecule has 0 aromatic carbocycles. The molecule has 1 saturated heterocycles. The summed E-state index contributed by atoms with van der Waals surface area (Å²) in [5, 5.41) is 1.66. The highest BCUT2D eigenvalue weighted by atomic mass is 32.2. The molecule has 90 valence electrons. The lowest BCUT2D eigenvalue weighted by atomic mass is 10.3. The smallest absolute Gasteiger partial charge is 0.252 e. The second kappa shape index (κ2) is 4.56. The molecule has 1 aromatic rings. The maximum atomic E-state index is 12.2. The molecule has 0 bridgehead atoms. The molecule has 1 unspecified atom stereocenters. The van der Waals surface area contributed by atoms with Crippen molar-refractivity contribution >= 4 is 38.8 Å². The fraction of sp³-hybridized carbons (Fsp3) is 0.556. The van der Waals surface area contributed by atoms with Crippen LogP contribution in [0.5, 0.6) is 0 Å². The molecule has 16 heavy (non-hydrogen) atoms. The monoisotopic (exact) mass is 278 g/mol. The molecular weight excluding hydrogens is 264 g/mol. The maximum Gasteiger partial charge on any atom is 0.252 e. The third-order valence-corrected chi connectivity index (χ3v) is 7.14. The van der Waals surface area contributed by atoms with E-state index in [0.717, 1.165) is 17.9 Å². The van der Waals surface area contributed by atoms with Gasteiger partial charge in [-0.15, -0.1) is 11.3 Å². The number of sulfonamides is 1. The van der Waals surface area contributed by atoms with Gasteiger partial charge in [-0.25, -0.2) is 8.42 Å². The molecule has 0 spiro atoms. The summed E-state index contributed by atoms with van der Waals surface area (Å²) in [6, 6.07) is 1.65. The molecule has 1 aromatic heterocycles. The molecule has 2 rings (SSSR count). The molecule has 1 aliphatic heterocycles. The summed E-state index contributed by atoms with van der Waals surface area (Å²) in [6.07, 6.45) is 0.932. The first-order valence-corrected chi connectivity index (χ1v) is 8.39. The summed E-state index contributed by atoms with van der Waals surface area (Å²) in [6.45, 7) is 0. The van der Waals surface area contributed by atoms with Gasteiger partial charge in [-0.2, -0.15) is 16.1 Å². The fourth-order valence-electron chi connectivity index (χ4n) is 1.61. The summed E-state index contributed by atoms with van der Waals surface area (Å²) in [5.74, 6) is 1.92.